The topological polar surface area (TPSA) is 22.8 Å². The number of aromatic nitrogens is 3. The van der Waals surface area contributed by atoms with Gasteiger partial charge in [0.15, 0.2) is 5.13 Å². The highest BCUT2D eigenvalue weighted by Gasteiger charge is 2.20. The van der Waals surface area contributed by atoms with Crippen molar-refractivity contribution in [1.82, 2.24) is 14.1 Å². The first-order chi connectivity index (χ1) is 22.8. The highest BCUT2D eigenvalue weighted by Crippen LogP contribution is 2.43. The van der Waals surface area contributed by atoms with E-state index >= 15 is 0 Å². The number of para-hydroxylation sites is 2. The van der Waals surface area contributed by atoms with Crippen molar-refractivity contribution in [3.63, 3.8) is 0 Å². The van der Waals surface area contributed by atoms with Crippen molar-refractivity contribution in [3.05, 3.63) is 140 Å². The van der Waals surface area contributed by atoms with Crippen LogP contribution < -0.4 is 0 Å². The van der Waals surface area contributed by atoms with Gasteiger partial charge in [-0.1, -0.05) is 96.3 Å². The SMILES string of the molecule is c1ccc2cc3c(cc2c1)c1ccccc1n3-c1ccc2c3ccccc3n(-c3nc4ccc5sc6ccccc6c5c4s3)c2c1. The predicted molar refractivity (Wildman–Crippen MR) is 199 cm³/mol. The second kappa shape index (κ2) is 9.04. The van der Waals surface area contributed by atoms with E-state index in [4.69, 9.17) is 4.98 Å². The van der Waals surface area contributed by atoms with Crippen LogP contribution in [-0.4, -0.2) is 14.1 Å². The average Bonchev–Trinajstić information content (AvgIpc) is 3.85. The first kappa shape index (κ1) is 24.8. The first-order valence-corrected chi connectivity index (χ1v) is 17.1. The van der Waals surface area contributed by atoms with Gasteiger partial charge >= 0.3 is 0 Å². The maximum atomic E-state index is 5.30. The molecule has 0 unspecified atom stereocenters. The highest BCUT2D eigenvalue weighted by atomic mass is 32.1. The maximum absolute atomic E-state index is 5.30. The van der Waals surface area contributed by atoms with Crippen molar-refractivity contribution in [1.29, 1.82) is 0 Å². The Labute approximate surface area is 270 Å². The summed E-state index contributed by atoms with van der Waals surface area (Å²) in [6, 6.07) is 50.9. The summed E-state index contributed by atoms with van der Waals surface area (Å²) in [5.41, 5.74) is 6.96. The molecule has 46 heavy (non-hydrogen) atoms. The van der Waals surface area contributed by atoms with Crippen molar-refractivity contribution in [2.24, 2.45) is 0 Å². The first-order valence-electron chi connectivity index (χ1n) is 15.5. The molecule has 214 valence electrons. The summed E-state index contributed by atoms with van der Waals surface area (Å²) < 4.78 is 8.69. The molecule has 0 aliphatic heterocycles. The van der Waals surface area contributed by atoms with Crippen LogP contribution >= 0.6 is 22.7 Å². The van der Waals surface area contributed by atoms with Gasteiger partial charge in [-0.25, -0.2) is 4.98 Å². The van der Waals surface area contributed by atoms with Gasteiger partial charge in [0, 0.05) is 47.4 Å². The average molecular weight is 622 g/mol. The van der Waals surface area contributed by atoms with Gasteiger partial charge in [-0.15, -0.1) is 11.3 Å². The van der Waals surface area contributed by atoms with Gasteiger partial charge in [0.2, 0.25) is 0 Å². The zero-order valence-electron chi connectivity index (χ0n) is 24.4. The van der Waals surface area contributed by atoms with Gasteiger partial charge in [0.25, 0.3) is 0 Å². The third-order valence-corrected chi connectivity index (χ3v) is 11.7. The monoisotopic (exact) mass is 621 g/mol. The fourth-order valence-corrected chi connectivity index (χ4v) is 9.85. The van der Waals surface area contributed by atoms with Crippen LogP contribution in [0.1, 0.15) is 0 Å². The van der Waals surface area contributed by atoms with Crippen molar-refractivity contribution >= 4 is 107 Å². The zero-order chi connectivity index (χ0) is 29.9. The number of fused-ring (bicyclic) bond motifs is 12. The molecule has 7 aromatic carbocycles. The number of rotatable bonds is 2. The second-order valence-electron chi connectivity index (χ2n) is 12.0. The molecule has 4 aromatic heterocycles. The minimum Gasteiger partial charge on any atom is -0.309 e. The fourth-order valence-electron chi connectivity index (χ4n) is 7.52. The maximum Gasteiger partial charge on any atom is 0.195 e. The minimum absolute atomic E-state index is 0.995. The summed E-state index contributed by atoms with van der Waals surface area (Å²) in [5, 5.41) is 11.1. The van der Waals surface area contributed by atoms with Crippen molar-refractivity contribution in [2.45, 2.75) is 0 Å². The van der Waals surface area contributed by atoms with Crippen LogP contribution in [0.25, 0.3) is 95.6 Å². The third kappa shape index (κ3) is 3.28. The lowest BCUT2D eigenvalue weighted by atomic mass is 10.1. The molecular formula is C41H23N3S2. The molecule has 0 spiro atoms. The zero-order valence-corrected chi connectivity index (χ0v) is 26.1. The number of nitrogens with zero attached hydrogens (tertiary/aromatic N) is 3. The highest BCUT2D eigenvalue weighted by molar-refractivity contribution is 7.28. The third-order valence-electron chi connectivity index (χ3n) is 9.53. The molecule has 0 aliphatic rings. The van der Waals surface area contributed by atoms with Gasteiger partial charge < -0.3 is 4.57 Å². The van der Waals surface area contributed by atoms with Crippen LogP contribution in [0.5, 0.6) is 0 Å². The van der Waals surface area contributed by atoms with Crippen LogP contribution in [0.15, 0.2) is 140 Å². The Balaban J connectivity index is 1.23. The number of hydrogen-bond donors (Lipinski definition) is 0. The minimum atomic E-state index is 0.995. The quantitative estimate of drug-likeness (QED) is 0.188. The summed E-state index contributed by atoms with van der Waals surface area (Å²) in [5.74, 6) is 0. The van der Waals surface area contributed by atoms with E-state index in [0.717, 1.165) is 21.9 Å². The summed E-state index contributed by atoms with van der Waals surface area (Å²) in [4.78, 5) is 5.30. The van der Waals surface area contributed by atoms with Crippen LogP contribution in [-0.2, 0) is 0 Å². The molecule has 0 fully saturated rings. The summed E-state index contributed by atoms with van der Waals surface area (Å²) >= 11 is 3.66. The van der Waals surface area contributed by atoms with Gasteiger partial charge in [-0.2, -0.15) is 0 Å². The Morgan fingerprint density at radius 1 is 0.435 bits per heavy atom. The molecule has 5 heteroatoms. The number of thiophene rings is 1. The van der Waals surface area contributed by atoms with Crippen molar-refractivity contribution in [2.75, 3.05) is 0 Å². The van der Waals surface area contributed by atoms with E-state index in [1.54, 1.807) is 11.3 Å². The van der Waals surface area contributed by atoms with E-state index in [1.165, 1.54) is 73.7 Å². The molecule has 0 N–H and O–H groups in total. The molecule has 11 aromatic rings. The van der Waals surface area contributed by atoms with Crippen molar-refractivity contribution < 1.29 is 0 Å². The Hall–Kier alpha value is -5.49. The van der Waals surface area contributed by atoms with E-state index in [0.29, 0.717) is 0 Å². The molecule has 11 rings (SSSR count). The van der Waals surface area contributed by atoms with E-state index in [9.17, 15) is 0 Å². The predicted octanol–water partition coefficient (Wildman–Crippen LogP) is 12.0. The Kier molecular flexibility index (Phi) is 4.87. The molecule has 0 saturated heterocycles. The van der Waals surface area contributed by atoms with E-state index in [-0.39, 0.29) is 0 Å². The van der Waals surface area contributed by atoms with Gasteiger partial charge in [-0.05, 0) is 65.4 Å². The molecule has 3 nitrogen and oxygen atoms in total. The van der Waals surface area contributed by atoms with E-state index < -0.39 is 0 Å². The fraction of sp³-hybridized carbons (Fsp3) is 0. The molecule has 0 amide bonds. The molecule has 0 aliphatic carbocycles. The number of thiazole rings is 1. The molecule has 0 bridgehead atoms. The lowest BCUT2D eigenvalue weighted by Crippen LogP contribution is -1.96. The van der Waals surface area contributed by atoms with Crippen LogP contribution in [0, 0.1) is 0 Å². The smallest absolute Gasteiger partial charge is 0.195 e. The number of hydrogen-bond acceptors (Lipinski definition) is 3. The standard InChI is InChI=1S/C41H23N3S2/c1-2-10-25-22-35-31(21-24(25)9-1)28-12-4-6-14-33(28)43(35)26-17-18-29-27-11-3-7-15-34(27)44(36(29)23-26)41-42-32-19-20-38-39(40(32)46-41)30-13-5-8-16-37(30)45-38/h1-23H. The van der Waals surface area contributed by atoms with Crippen LogP contribution in [0.2, 0.25) is 0 Å². The lowest BCUT2D eigenvalue weighted by Gasteiger charge is -2.10. The molecule has 0 saturated carbocycles. The normalized spacial score (nSPS) is 12.3. The van der Waals surface area contributed by atoms with E-state index in [1.807, 2.05) is 11.3 Å². The molecule has 4 heterocycles. The summed E-state index contributed by atoms with van der Waals surface area (Å²) in [7, 11) is 0. The van der Waals surface area contributed by atoms with Gasteiger partial charge in [0.05, 0.1) is 32.3 Å². The number of benzene rings is 7. The van der Waals surface area contributed by atoms with Crippen molar-refractivity contribution in [3.8, 4) is 10.8 Å². The molecule has 0 atom stereocenters. The van der Waals surface area contributed by atoms with Gasteiger partial charge in [0.1, 0.15) is 0 Å². The van der Waals surface area contributed by atoms with Crippen LogP contribution in [0.4, 0.5) is 0 Å². The van der Waals surface area contributed by atoms with Crippen LogP contribution in [0.3, 0.4) is 0 Å². The largest absolute Gasteiger partial charge is 0.309 e. The summed E-state index contributed by atoms with van der Waals surface area (Å²) in [6.07, 6.45) is 0. The Morgan fingerprint density at radius 2 is 1.09 bits per heavy atom. The second-order valence-corrected chi connectivity index (χ2v) is 14.1. The summed E-state index contributed by atoms with van der Waals surface area (Å²) in [6.45, 7) is 0. The Morgan fingerprint density at radius 3 is 1.93 bits per heavy atom. The molecule has 0 radical (unpaired) electrons. The molecular weight excluding hydrogens is 599 g/mol. The lowest BCUT2D eigenvalue weighted by molar-refractivity contribution is 1.14. The van der Waals surface area contributed by atoms with Gasteiger partial charge in [-0.3, -0.25) is 4.57 Å². The van der Waals surface area contributed by atoms with E-state index in [2.05, 4.69) is 149 Å². The Bertz CT molecular complexity index is 3040.